The molecule has 0 aliphatic carbocycles. The van der Waals surface area contributed by atoms with Crippen LogP contribution in [0.4, 0.5) is 0 Å². The fraction of sp³-hybridized carbons (Fsp3) is 0.368. The van der Waals surface area contributed by atoms with Crippen molar-refractivity contribution in [3.8, 4) is 0 Å². The van der Waals surface area contributed by atoms with E-state index in [2.05, 4.69) is 5.32 Å². The molecule has 1 aromatic carbocycles. The number of hydrogen-bond acceptors (Lipinski definition) is 5. The number of benzene rings is 1. The lowest BCUT2D eigenvalue weighted by Crippen LogP contribution is -2.43. The summed E-state index contributed by atoms with van der Waals surface area (Å²) in [6.07, 6.45) is 1.77. The number of likely N-dealkylation sites (tertiary alicyclic amines) is 1. The Morgan fingerprint density at radius 2 is 1.81 bits per heavy atom. The molecule has 0 saturated carbocycles. The van der Waals surface area contributed by atoms with Crippen LogP contribution in [0.3, 0.4) is 0 Å². The topological polar surface area (TPSA) is 83.6 Å². The van der Waals surface area contributed by atoms with Gasteiger partial charge in [-0.2, -0.15) is 0 Å². The maximum Gasteiger partial charge on any atom is 0.311 e. The van der Waals surface area contributed by atoms with Crippen molar-refractivity contribution in [1.82, 2.24) is 10.2 Å². The number of hydrogen-bond donors (Lipinski definition) is 1. The van der Waals surface area contributed by atoms with Gasteiger partial charge >= 0.3 is 11.8 Å². The third kappa shape index (κ3) is 4.39. The number of amides is 2. The summed E-state index contributed by atoms with van der Waals surface area (Å²) in [5, 5.41) is 3.29. The van der Waals surface area contributed by atoms with Gasteiger partial charge in [-0.05, 0) is 36.8 Å². The molecule has 0 bridgehead atoms. The van der Waals surface area contributed by atoms with Gasteiger partial charge in [0.05, 0.1) is 0 Å². The SMILES string of the molecule is Cc1ccc([C@@H](CNC(=O)C(=O)N2CCCC2)S(=O)(=O)c2cccs2)cc1. The number of carbonyl (C=O) groups is 2. The third-order valence-corrected chi connectivity index (χ3v) is 8.17. The zero-order valence-electron chi connectivity index (χ0n) is 15.1. The highest BCUT2D eigenvalue weighted by Gasteiger charge is 2.32. The number of sulfone groups is 1. The van der Waals surface area contributed by atoms with Crippen LogP contribution in [0.2, 0.25) is 0 Å². The lowest BCUT2D eigenvalue weighted by Gasteiger charge is -2.19. The lowest BCUT2D eigenvalue weighted by atomic mass is 10.1. The van der Waals surface area contributed by atoms with Crippen LogP contribution in [0.1, 0.15) is 29.2 Å². The molecule has 1 fully saturated rings. The lowest BCUT2D eigenvalue weighted by molar-refractivity contribution is -0.145. The van der Waals surface area contributed by atoms with Crippen LogP contribution in [0.5, 0.6) is 0 Å². The molecule has 1 saturated heterocycles. The van der Waals surface area contributed by atoms with Gasteiger partial charge in [0.25, 0.3) is 0 Å². The molecule has 144 valence electrons. The van der Waals surface area contributed by atoms with Crippen molar-refractivity contribution in [2.24, 2.45) is 0 Å². The van der Waals surface area contributed by atoms with Gasteiger partial charge in [-0.15, -0.1) is 11.3 Å². The van der Waals surface area contributed by atoms with Crippen molar-refractivity contribution in [2.45, 2.75) is 29.2 Å². The van der Waals surface area contributed by atoms with Crippen molar-refractivity contribution in [3.63, 3.8) is 0 Å². The van der Waals surface area contributed by atoms with E-state index in [1.54, 1.807) is 29.6 Å². The molecule has 1 aromatic heterocycles. The molecule has 1 N–H and O–H groups in total. The van der Waals surface area contributed by atoms with Crippen LogP contribution >= 0.6 is 11.3 Å². The number of thiophene rings is 1. The Morgan fingerprint density at radius 1 is 1.15 bits per heavy atom. The van der Waals surface area contributed by atoms with E-state index in [0.717, 1.165) is 29.7 Å². The van der Waals surface area contributed by atoms with Gasteiger partial charge in [0.15, 0.2) is 9.84 Å². The number of nitrogens with zero attached hydrogens (tertiary/aromatic N) is 1. The Balaban J connectivity index is 1.81. The van der Waals surface area contributed by atoms with E-state index in [-0.39, 0.29) is 10.8 Å². The number of aryl methyl sites for hydroxylation is 1. The molecule has 1 aliphatic rings. The molecule has 2 aromatic rings. The number of carbonyl (C=O) groups excluding carboxylic acids is 2. The Kier molecular flexibility index (Phi) is 5.96. The molecule has 1 aliphatic heterocycles. The van der Waals surface area contributed by atoms with E-state index in [0.29, 0.717) is 18.7 Å². The second kappa shape index (κ2) is 8.22. The highest BCUT2D eigenvalue weighted by Crippen LogP contribution is 2.31. The van der Waals surface area contributed by atoms with Crippen molar-refractivity contribution < 1.29 is 18.0 Å². The van der Waals surface area contributed by atoms with Crippen LogP contribution in [-0.4, -0.2) is 44.8 Å². The van der Waals surface area contributed by atoms with Gasteiger partial charge in [0.2, 0.25) is 0 Å². The normalized spacial score (nSPS) is 15.5. The summed E-state index contributed by atoms with van der Waals surface area (Å²) >= 11 is 1.14. The molecule has 0 spiro atoms. The summed E-state index contributed by atoms with van der Waals surface area (Å²) in [5.74, 6) is -1.35. The van der Waals surface area contributed by atoms with Crippen LogP contribution in [0.25, 0.3) is 0 Å². The second-order valence-electron chi connectivity index (χ2n) is 6.59. The smallest absolute Gasteiger partial charge is 0.311 e. The first-order valence-electron chi connectivity index (χ1n) is 8.80. The molecule has 0 radical (unpaired) electrons. The maximum absolute atomic E-state index is 13.1. The summed E-state index contributed by atoms with van der Waals surface area (Å²) in [6, 6.07) is 10.4. The third-order valence-electron chi connectivity index (χ3n) is 4.63. The summed E-state index contributed by atoms with van der Waals surface area (Å²) < 4.78 is 26.4. The minimum absolute atomic E-state index is 0.151. The highest BCUT2D eigenvalue weighted by atomic mass is 32.2. The van der Waals surface area contributed by atoms with Gasteiger partial charge in [-0.1, -0.05) is 35.9 Å². The van der Waals surface area contributed by atoms with E-state index < -0.39 is 26.9 Å². The van der Waals surface area contributed by atoms with Gasteiger partial charge in [-0.25, -0.2) is 8.42 Å². The van der Waals surface area contributed by atoms with E-state index >= 15 is 0 Å². The average molecular weight is 407 g/mol. The van der Waals surface area contributed by atoms with Crippen LogP contribution in [0.15, 0.2) is 46.0 Å². The average Bonchev–Trinajstić information content (AvgIpc) is 3.36. The Morgan fingerprint density at radius 3 is 2.41 bits per heavy atom. The molecule has 0 unspecified atom stereocenters. The summed E-state index contributed by atoms with van der Waals surface area (Å²) in [5.41, 5.74) is 1.60. The van der Waals surface area contributed by atoms with Crippen LogP contribution in [-0.2, 0) is 19.4 Å². The van der Waals surface area contributed by atoms with Gasteiger partial charge < -0.3 is 10.2 Å². The van der Waals surface area contributed by atoms with Gasteiger partial charge in [0.1, 0.15) is 9.46 Å². The predicted octanol–water partition coefficient (Wildman–Crippen LogP) is 2.31. The first-order valence-corrected chi connectivity index (χ1v) is 11.2. The van der Waals surface area contributed by atoms with Crippen LogP contribution in [0, 0.1) is 6.92 Å². The van der Waals surface area contributed by atoms with E-state index in [9.17, 15) is 18.0 Å². The van der Waals surface area contributed by atoms with Crippen molar-refractivity contribution in [3.05, 3.63) is 52.9 Å². The quantitative estimate of drug-likeness (QED) is 0.773. The zero-order chi connectivity index (χ0) is 19.4. The van der Waals surface area contributed by atoms with E-state index in [1.807, 2.05) is 19.1 Å². The van der Waals surface area contributed by atoms with Crippen LogP contribution < -0.4 is 5.32 Å². The zero-order valence-corrected chi connectivity index (χ0v) is 16.7. The molecule has 8 heteroatoms. The molecule has 1 atom stereocenters. The van der Waals surface area contributed by atoms with E-state index in [4.69, 9.17) is 0 Å². The number of rotatable bonds is 5. The minimum Gasteiger partial charge on any atom is -0.346 e. The number of nitrogens with one attached hydrogen (secondary N) is 1. The molecule has 2 amide bonds. The summed E-state index contributed by atoms with van der Waals surface area (Å²) in [7, 11) is -3.69. The van der Waals surface area contributed by atoms with E-state index in [1.165, 1.54) is 4.90 Å². The Hall–Kier alpha value is -2.19. The van der Waals surface area contributed by atoms with Gasteiger partial charge in [0, 0.05) is 19.6 Å². The molecular formula is C19H22N2O4S2. The molecule has 6 nitrogen and oxygen atoms in total. The molecular weight excluding hydrogens is 384 g/mol. The molecule has 27 heavy (non-hydrogen) atoms. The van der Waals surface area contributed by atoms with Crippen molar-refractivity contribution >= 4 is 33.0 Å². The minimum atomic E-state index is -3.69. The summed E-state index contributed by atoms with van der Waals surface area (Å²) in [6.45, 7) is 2.91. The maximum atomic E-state index is 13.1. The van der Waals surface area contributed by atoms with Gasteiger partial charge in [-0.3, -0.25) is 9.59 Å². The second-order valence-corrected chi connectivity index (χ2v) is 9.89. The van der Waals surface area contributed by atoms with Crippen molar-refractivity contribution in [2.75, 3.05) is 19.6 Å². The molecule has 2 heterocycles. The Bertz CT molecular complexity index is 900. The fourth-order valence-electron chi connectivity index (χ4n) is 3.08. The fourth-order valence-corrected chi connectivity index (χ4v) is 5.95. The predicted molar refractivity (Wildman–Crippen MR) is 104 cm³/mol. The standard InChI is InChI=1S/C19H22N2O4S2/c1-14-6-8-15(9-7-14)16(27(24,25)17-5-4-12-26-17)13-20-18(22)19(23)21-10-2-3-11-21/h4-9,12,16H,2-3,10-11,13H2,1H3,(H,20,22)/t16-/m1/s1. The van der Waals surface area contributed by atoms with Crippen molar-refractivity contribution in [1.29, 1.82) is 0 Å². The first-order chi connectivity index (χ1) is 12.9. The first kappa shape index (κ1) is 19.6. The summed E-state index contributed by atoms with van der Waals surface area (Å²) in [4.78, 5) is 25.9. The monoisotopic (exact) mass is 406 g/mol. The highest BCUT2D eigenvalue weighted by molar-refractivity contribution is 7.93. The molecule has 3 rings (SSSR count). The largest absolute Gasteiger partial charge is 0.346 e. The Labute approximate surface area is 163 Å².